The van der Waals surface area contributed by atoms with Crippen LogP contribution in [0.3, 0.4) is 0 Å². The summed E-state index contributed by atoms with van der Waals surface area (Å²) >= 11 is 5.96. The van der Waals surface area contributed by atoms with Gasteiger partial charge in [-0.2, -0.15) is 0 Å². The highest BCUT2D eigenvalue weighted by atomic mass is 35.5. The van der Waals surface area contributed by atoms with Crippen molar-refractivity contribution >= 4 is 21.6 Å². The summed E-state index contributed by atoms with van der Waals surface area (Å²) in [7, 11) is -3.14. The molecule has 106 valence electrons. The molecule has 1 aliphatic rings. The van der Waals surface area contributed by atoms with Crippen LogP contribution in [0.5, 0.6) is 0 Å². The van der Waals surface area contributed by atoms with Gasteiger partial charge in [0.2, 0.25) is 10.0 Å². The lowest BCUT2D eigenvalue weighted by Crippen LogP contribution is -2.32. The van der Waals surface area contributed by atoms with Crippen LogP contribution in [-0.4, -0.2) is 27.3 Å². The second kappa shape index (κ2) is 6.22. The molecule has 1 aromatic rings. The van der Waals surface area contributed by atoms with Gasteiger partial charge in [-0.05, 0) is 36.1 Å². The number of nitrogens with one attached hydrogen (secondary N) is 2. The number of sulfonamides is 1. The number of hydrogen-bond donors (Lipinski definition) is 2. The maximum absolute atomic E-state index is 11.5. The summed E-state index contributed by atoms with van der Waals surface area (Å²) in [5.41, 5.74) is 2.50. The van der Waals surface area contributed by atoms with Crippen LogP contribution in [0.15, 0.2) is 18.2 Å². The first kappa shape index (κ1) is 14.8. The van der Waals surface area contributed by atoms with Crippen LogP contribution < -0.4 is 10.0 Å². The minimum absolute atomic E-state index is 0.111. The number of halogens is 1. The van der Waals surface area contributed by atoms with Crippen LogP contribution in [0.2, 0.25) is 5.02 Å². The van der Waals surface area contributed by atoms with Crippen LogP contribution in [0.1, 0.15) is 30.5 Å². The Kier molecular flexibility index (Phi) is 4.84. The number of rotatable bonds is 6. The molecule has 0 fully saturated rings. The Morgan fingerprint density at radius 2 is 2.21 bits per heavy atom. The predicted octanol–water partition coefficient (Wildman–Crippen LogP) is 1.86. The fourth-order valence-corrected chi connectivity index (χ4v) is 3.62. The summed E-state index contributed by atoms with van der Waals surface area (Å²) in [5.74, 6) is 0.111. The summed E-state index contributed by atoms with van der Waals surface area (Å²) in [4.78, 5) is 0. The van der Waals surface area contributed by atoms with Gasteiger partial charge in [-0.3, -0.25) is 0 Å². The number of fused-ring (bicyclic) bond motifs is 1. The van der Waals surface area contributed by atoms with Gasteiger partial charge in [-0.15, -0.1) is 0 Å². The predicted molar refractivity (Wildman–Crippen MR) is 78.0 cm³/mol. The summed E-state index contributed by atoms with van der Waals surface area (Å²) in [6.45, 7) is 2.68. The van der Waals surface area contributed by atoms with Crippen molar-refractivity contribution in [3.8, 4) is 0 Å². The number of aryl methyl sites for hydroxylation is 1. The summed E-state index contributed by atoms with van der Waals surface area (Å²) < 4.78 is 25.5. The second-order valence-electron chi connectivity index (χ2n) is 4.71. The number of benzene rings is 1. The first-order valence-corrected chi connectivity index (χ1v) is 8.54. The third-order valence-corrected chi connectivity index (χ3v) is 5.01. The average Bonchev–Trinajstić information content (AvgIpc) is 2.71. The molecular formula is C13H19ClN2O2S. The third kappa shape index (κ3) is 3.92. The molecule has 4 nitrogen and oxygen atoms in total. The van der Waals surface area contributed by atoms with Crippen LogP contribution in [0, 0.1) is 0 Å². The molecule has 1 atom stereocenters. The van der Waals surface area contributed by atoms with E-state index in [0.29, 0.717) is 13.1 Å². The molecule has 2 rings (SSSR count). The molecular weight excluding hydrogens is 284 g/mol. The lowest BCUT2D eigenvalue weighted by molar-refractivity contribution is 0.538. The van der Waals surface area contributed by atoms with Gasteiger partial charge in [0, 0.05) is 24.2 Å². The summed E-state index contributed by atoms with van der Waals surface area (Å²) in [5, 5.41) is 4.07. The van der Waals surface area contributed by atoms with Crippen LogP contribution in [-0.2, 0) is 16.4 Å². The highest BCUT2D eigenvalue weighted by Gasteiger charge is 2.22. The molecule has 0 aromatic heterocycles. The average molecular weight is 303 g/mol. The van der Waals surface area contributed by atoms with Crippen molar-refractivity contribution in [3.05, 3.63) is 34.3 Å². The zero-order valence-electron chi connectivity index (χ0n) is 10.9. The Hall–Kier alpha value is -0.620. The van der Waals surface area contributed by atoms with Crippen molar-refractivity contribution in [1.29, 1.82) is 0 Å². The van der Waals surface area contributed by atoms with Crippen molar-refractivity contribution in [3.63, 3.8) is 0 Å². The molecule has 2 N–H and O–H groups in total. The largest absolute Gasteiger partial charge is 0.309 e. The van der Waals surface area contributed by atoms with E-state index in [1.165, 1.54) is 11.1 Å². The molecule has 0 saturated heterocycles. The van der Waals surface area contributed by atoms with E-state index >= 15 is 0 Å². The molecule has 0 amide bonds. The second-order valence-corrected chi connectivity index (χ2v) is 7.07. The van der Waals surface area contributed by atoms with E-state index in [0.717, 1.165) is 17.9 Å². The molecule has 19 heavy (non-hydrogen) atoms. The molecule has 6 heteroatoms. The topological polar surface area (TPSA) is 58.2 Å². The molecule has 0 heterocycles. The molecule has 0 spiro atoms. The molecule has 1 aromatic carbocycles. The normalized spacial score (nSPS) is 18.5. The Balaban J connectivity index is 1.90. The van der Waals surface area contributed by atoms with E-state index in [2.05, 4.69) is 10.0 Å². The fourth-order valence-electron chi connectivity index (χ4n) is 2.46. The van der Waals surface area contributed by atoms with E-state index in [9.17, 15) is 8.42 Å². The number of hydrogen-bond acceptors (Lipinski definition) is 3. The first-order chi connectivity index (χ1) is 9.02. The Labute approximate surface area is 119 Å². The third-order valence-electron chi connectivity index (χ3n) is 3.31. The van der Waals surface area contributed by atoms with Crippen LogP contribution in [0.25, 0.3) is 0 Å². The highest BCUT2D eigenvalue weighted by molar-refractivity contribution is 7.89. The smallest absolute Gasteiger partial charge is 0.212 e. The van der Waals surface area contributed by atoms with Crippen molar-refractivity contribution in [1.82, 2.24) is 10.0 Å². The van der Waals surface area contributed by atoms with Crippen molar-refractivity contribution in [2.75, 3.05) is 18.8 Å². The lowest BCUT2D eigenvalue weighted by atomic mass is 10.1. The van der Waals surface area contributed by atoms with E-state index < -0.39 is 10.0 Å². The van der Waals surface area contributed by atoms with Gasteiger partial charge < -0.3 is 5.32 Å². The first-order valence-electron chi connectivity index (χ1n) is 6.51. The molecule has 0 radical (unpaired) electrons. The summed E-state index contributed by atoms with van der Waals surface area (Å²) in [6.07, 6.45) is 1.99. The fraction of sp³-hybridized carbons (Fsp3) is 0.538. The molecule has 1 unspecified atom stereocenters. The molecule has 0 bridgehead atoms. The van der Waals surface area contributed by atoms with E-state index in [4.69, 9.17) is 11.6 Å². The molecule has 1 aliphatic carbocycles. The van der Waals surface area contributed by atoms with Crippen LogP contribution in [0.4, 0.5) is 0 Å². The van der Waals surface area contributed by atoms with E-state index in [1.54, 1.807) is 6.92 Å². The SMILES string of the molecule is CCNS(=O)(=O)CCNC1CCc2cc(Cl)ccc21. The van der Waals surface area contributed by atoms with Crippen molar-refractivity contribution in [2.24, 2.45) is 0 Å². The van der Waals surface area contributed by atoms with Gasteiger partial charge in [0.1, 0.15) is 0 Å². The van der Waals surface area contributed by atoms with Gasteiger partial charge >= 0.3 is 0 Å². The van der Waals surface area contributed by atoms with Gasteiger partial charge in [0.05, 0.1) is 5.75 Å². The maximum atomic E-state index is 11.5. The monoisotopic (exact) mass is 302 g/mol. The minimum atomic E-state index is -3.14. The lowest BCUT2D eigenvalue weighted by Gasteiger charge is -2.14. The van der Waals surface area contributed by atoms with Crippen molar-refractivity contribution in [2.45, 2.75) is 25.8 Å². The minimum Gasteiger partial charge on any atom is -0.309 e. The summed E-state index contributed by atoms with van der Waals surface area (Å²) in [6, 6.07) is 6.15. The van der Waals surface area contributed by atoms with Gasteiger partial charge in [-0.25, -0.2) is 13.1 Å². The van der Waals surface area contributed by atoms with Gasteiger partial charge in [-0.1, -0.05) is 24.6 Å². The van der Waals surface area contributed by atoms with E-state index in [1.807, 2.05) is 18.2 Å². The van der Waals surface area contributed by atoms with Crippen molar-refractivity contribution < 1.29 is 8.42 Å². The zero-order valence-corrected chi connectivity index (χ0v) is 12.5. The Morgan fingerprint density at radius 3 is 2.95 bits per heavy atom. The Morgan fingerprint density at radius 1 is 1.42 bits per heavy atom. The highest BCUT2D eigenvalue weighted by Crippen LogP contribution is 2.32. The maximum Gasteiger partial charge on any atom is 0.212 e. The zero-order chi connectivity index (χ0) is 13.9. The van der Waals surface area contributed by atoms with E-state index in [-0.39, 0.29) is 11.8 Å². The standard InChI is InChI=1S/C13H19ClN2O2S/c1-2-16-19(17,18)8-7-15-13-6-3-10-9-11(14)4-5-12(10)13/h4-5,9,13,15-16H,2-3,6-8H2,1H3. The Bertz CT molecular complexity index is 546. The van der Waals surface area contributed by atoms with Crippen LogP contribution >= 0.6 is 11.6 Å². The molecule has 0 aliphatic heterocycles. The quantitative estimate of drug-likeness (QED) is 0.843. The van der Waals surface area contributed by atoms with Gasteiger partial charge in [0.15, 0.2) is 0 Å². The molecule has 0 saturated carbocycles. The van der Waals surface area contributed by atoms with Gasteiger partial charge in [0.25, 0.3) is 0 Å².